The van der Waals surface area contributed by atoms with Crippen molar-refractivity contribution < 1.29 is 19.4 Å². The fourth-order valence-electron chi connectivity index (χ4n) is 3.01. The SMILES string of the molecule is COCCc1nc2scc(C(=O)O)c2c(=O)n1C(C)C(=O)Nc1ccc(C)c(Cl)c1. The number of aromatic carboxylic acids is 1. The van der Waals surface area contributed by atoms with Gasteiger partial charge in [-0.25, -0.2) is 9.78 Å². The van der Waals surface area contributed by atoms with Crippen LogP contribution in [0.4, 0.5) is 5.69 Å². The van der Waals surface area contributed by atoms with Crippen molar-refractivity contribution >= 4 is 50.7 Å². The number of carbonyl (C=O) groups excluding carboxylic acids is 1. The fourth-order valence-corrected chi connectivity index (χ4v) is 4.11. The predicted molar refractivity (Wildman–Crippen MR) is 116 cm³/mol. The van der Waals surface area contributed by atoms with Crippen molar-refractivity contribution in [2.45, 2.75) is 26.3 Å². The van der Waals surface area contributed by atoms with Gasteiger partial charge in [0.2, 0.25) is 5.91 Å². The van der Waals surface area contributed by atoms with Crippen LogP contribution in [0.2, 0.25) is 5.02 Å². The number of carboxylic acids is 1. The number of nitrogens with zero attached hydrogens (tertiary/aromatic N) is 2. The van der Waals surface area contributed by atoms with Crippen molar-refractivity contribution in [3.8, 4) is 0 Å². The molecule has 0 radical (unpaired) electrons. The smallest absolute Gasteiger partial charge is 0.337 e. The van der Waals surface area contributed by atoms with E-state index < -0.39 is 23.5 Å². The number of hydrogen-bond acceptors (Lipinski definition) is 6. The molecule has 2 heterocycles. The Kier molecular flexibility index (Phi) is 6.55. The lowest BCUT2D eigenvalue weighted by Gasteiger charge is -2.19. The largest absolute Gasteiger partial charge is 0.478 e. The summed E-state index contributed by atoms with van der Waals surface area (Å²) in [6.07, 6.45) is 0.288. The van der Waals surface area contributed by atoms with E-state index in [4.69, 9.17) is 16.3 Å². The molecule has 3 aromatic rings. The highest BCUT2D eigenvalue weighted by atomic mass is 35.5. The molecule has 2 aromatic heterocycles. The lowest BCUT2D eigenvalue weighted by atomic mass is 10.2. The molecular formula is C20H20ClN3O5S. The minimum atomic E-state index is -1.22. The highest BCUT2D eigenvalue weighted by molar-refractivity contribution is 7.17. The van der Waals surface area contributed by atoms with Crippen LogP contribution >= 0.6 is 22.9 Å². The van der Waals surface area contributed by atoms with Crippen LogP contribution in [0.15, 0.2) is 28.4 Å². The fraction of sp³-hybridized carbons (Fsp3) is 0.300. The quantitative estimate of drug-likeness (QED) is 0.571. The number of carbonyl (C=O) groups is 2. The first-order chi connectivity index (χ1) is 14.2. The third-order valence-corrected chi connectivity index (χ3v) is 5.96. The molecule has 3 rings (SSSR count). The van der Waals surface area contributed by atoms with Crippen LogP contribution in [0.25, 0.3) is 10.2 Å². The van der Waals surface area contributed by atoms with Gasteiger partial charge in [0, 0.05) is 29.6 Å². The summed E-state index contributed by atoms with van der Waals surface area (Å²) >= 11 is 7.19. The van der Waals surface area contributed by atoms with Crippen LogP contribution in [0.5, 0.6) is 0 Å². The number of aryl methyl sites for hydroxylation is 1. The molecular weight excluding hydrogens is 430 g/mol. The third kappa shape index (κ3) is 4.23. The van der Waals surface area contributed by atoms with Crippen molar-refractivity contribution in [3.05, 3.63) is 55.9 Å². The molecule has 1 amide bonds. The molecule has 0 bridgehead atoms. The molecule has 8 nitrogen and oxygen atoms in total. The second-order valence-corrected chi connectivity index (χ2v) is 7.98. The van der Waals surface area contributed by atoms with Crippen molar-refractivity contribution in [2.24, 2.45) is 0 Å². The van der Waals surface area contributed by atoms with Gasteiger partial charge in [0.15, 0.2) is 0 Å². The van der Waals surface area contributed by atoms with Crippen molar-refractivity contribution in [3.63, 3.8) is 0 Å². The maximum Gasteiger partial charge on any atom is 0.337 e. The molecule has 30 heavy (non-hydrogen) atoms. The number of ether oxygens (including phenoxy) is 1. The Bertz CT molecular complexity index is 1190. The van der Waals surface area contributed by atoms with Crippen molar-refractivity contribution in [1.29, 1.82) is 0 Å². The number of halogens is 1. The van der Waals surface area contributed by atoms with E-state index in [1.54, 1.807) is 25.1 Å². The molecule has 0 saturated heterocycles. The van der Waals surface area contributed by atoms with Gasteiger partial charge in [-0.2, -0.15) is 0 Å². The standard InChI is InChI=1S/C20H20ClN3O5S/c1-10-4-5-12(8-14(10)21)22-17(25)11(2)24-15(6-7-29-3)23-18-16(19(24)26)13(9-30-18)20(27)28/h4-5,8-9,11H,6-7H2,1-3H3,(H,22,25)(H,27,28). The number of amides is 1. The summed E-state index contributed by atoms with van der Waals surface area (Å²) in [5, 5.41) is 14.0. The zero-order valence-electron chi connectivity index (χ0n) is 16.6. The maximum atomic E-state index is 13.2. The number of methoxy groups -OCH3 is 1. The van der Waals surface area contributed by atoms with Crippen LogP contribution in [0.3, 0.4) is 0 Å². The molecule has 158 valence electrons. The average molecular weight is 450 g/mol. The Morgan fingerprint density at radius 2 is 2.13 bits per heavy atom. The van der Waals surface area contributed by atoms with Gasteiger partial charge in [-0.1, -0.05) is 17.7 Å². The van der Waals surface area contributed by atoms with E-state index in [9.17, 15) is 19.5 Å². The number of fused-ring (bicyclic) bond motifs is 1. The summed E-state index contributed by atoms with van der Waals surface area (Å²) in [7, 11) is 1.52. The minimum Gasteiger partial charge on any atom is -0.478 e. The Balaban J connectivity index is 2.06. The van der Waals surface area contributed by atoms with Gasteiger partial charge in [0.1, 0.15) is 16.7 Å². The highest BCUT2D eigenvalue weighted by Crippen LogP contribution is 2.24. The zero-order valence-corrected chi connectivity index (χ0v) is 18.1. The van der Waals surface area contributed by atoms with Gasteiger partial charge in [0.25, 0.3) is 5.56 Å². The third-order valence-electron chi connectivity index (χ3n) is 4.68. The summed E-state index contributed by atoms with van der Waals surface area (Å²) in [6, 6.07) is 4.17. The normalized spacial score (nSPS) is 12.1. The molecule has 0 saturated carbocycles. The van der Waals surface area contributed by atoms with Crippen LogP contribution in [-0.2, 0) is 16.0 Å². The Hall–Kier alpha value is -2.75. The maximum absolute atomic E-state index is 13.2. The summed E-state index contributed by atoms with van der Waals surface area (Å²) in [5.41, 5.74) is 0.658. The lowest BCUT2D eigenvalue weighted by Crippen LogP contribution is -2.35. The second-order valence-electron chi connectivity index (χ2n) is 6.71. The number of aromatic nitrogens is 2. The number of benzene rings is 1. The van der Waals surface area contributed by atoms with Crippen LogP contribution in [0.1, 0.15) is 34.7 Å². The molecule has 0 aliphatic heterocycles. The van der Waals surface area contributed by atoms with E-state index in [-0.39, 0.29) is 24.0 Å². The molecule has 0 aliphatic carbocycles. The molecule has 0 spiro atoms. The summed E-state index contributed by atoms with van der Waals surface area (Å²) in [6.45, 7) is 3.69. The Labute approximate surface area is 181 Å². The van der Waals surface area contributed by atoms with Crippen LogP contribution < -0.4 is 10.9 Å². The first kappa shape index (κ1) is 21.9. The lowest BCUT2D eigenvalue weighted by molar-refractivity contribution is -0.119. The average Bonchev–Trinajstić information content (AvgIpc) is 3.13. The molecule has 1 unspecified atom stereocenters. The Morgan fingerprint density at radius 3 is 2.77 bits per heavy atom. The molecule has 10 heteroatoms. The van der Waals surface area contributed by atoms with Crippen molar-refractivity contribution in [2.75, 3.05) is 19.0 Å². The number of thiophene rings is 1. The van der Waals surface area contributed by atoms with Crippen LogP contribution in [0, 0.1) is 6.92 Å². The van der Waals surface area contributed by atoms with E-state index in [1.165, 1.54) is 17.1 Å². The molecule has 2 N–H and O–H groups in total. The molecule has 0 fully saturated rings. The van der Waals surface area contributed by atoms with Gasteiger partial charge >= 0.3 is 5.97 Å². The summed E-state index contributed by atoms with van der Waals surface area (Å²) in [5.74, 6) is -1.33. The van der Waals surface area contributed by atoms with Crippen LogP contribution in [-0.4, -0.2) is 40.3 Å². The molecule has 1 atom stereocenters. The monoisotopic (exact) mass is 449 g/mol. The minimum absolute atomic E-state index is 0.00769. The van der Waals surface area contributed by atoms with E-state index in [0.29, 0.717) is 21.4 Å². The Morgan fingerprint density at radius 1 is 1.40 bits per heavy atom. The highest BCUT2D eigenvalue weighted by Gasteiger charge is 2.25. The van der Waals surface area contributed by atoms with Gasteiger partial charge in [-0.3, -0.25) is 14.2 Å². The van der Waals surface area contributed by atoms with E-state index in [0.717, 1.165) is 16.9 Å². The topological polar surface area (TPSA) is 111 Å². The summed E-state index contributed by atoms with van der Waals surface area (Å²) in [4.78, 5) is 42.4. The number of nitrogens with one attached hydrogen (secondary N) is 1. The van der Waals surface area contributed by atoms with E-state index in [2.05, 4.69) is 10.3 Å². The van der Waals surface area contributed by atoms with Gasteiger partial charge in [-0.05, 0) is 31.5 Å². The van der Waals surface area contributed by atoms with E-state index in [1.807, 2.05) is 6.92 Å². The number of anilines is 1. The van der Waals surface area contributed by atoms with Gasteiger partial charge in [-0.15, -0.1) is 11.3 Å². The zero-order chi connectivity index (χ0) is 22.0. The van der Waals surface area contributed by atoms with Gasteiger partial charge < -0.3 is 15.2 Å². The molecule has 1 aromatic carbocycles. The molecule has 0 aliphatic rings. The van der Waals surface area contributed by atoms with Gasteiger partial charge in [0.05, 0.1) is 17.6 Å². The predicted octanol–water partition coefficient (Wildman–Crippen LogP) is 3.51. The number of carboxylic acid groups (broad SMARTS) is 1. The second kappa shape index (κ2) is 8.95. The van der Waals surface area contributed by atoms with Crippen molar-refractivity contribution in [1.82, 2.24) is 9.55 Å². The first-order valence-electron chi connectivity index (χ1n) is 9.06. The number of hydrogen-bond donors (Lipinski definition) is 2. The first-order valence-corrected chi connectivity index (χ1v) is 10.3. The van der Waals surface area contributed by atoms with E-state index >= 15 is 0 Å². The number of rotatable bonds is 7. The summed E-state index contributed by atoms with van der Waals surface area (Å²) < 4.78 is 6.32.